The van der Waals surface area contributed by atoms with Crippen LogP contribution in [-0.2, 0) is 9.59 Å². The molecule has 1 aliphatic heterocycles. The third-order valence-corrected chi connectivity index (χ3v) is 9.92. The molecule has 2 amide bonds. The van der Waals surface area contributed by atoms with Gasteiger partial charge in [0.2, 0.25) is 11.8 Å². The Bertz CT molecular complexity index is 882. The Kier molecular flexibility index (Phi) is 4.03. The van der Waals surface area contributed by atoms with Crippen LogP contribution in [0.2, 0.25) is 0 Å². The standard InChI is InChI=1S/C17H11Cl6NO2/c1-6-3-4-8(5-7(6)2)24-13(25)9-10(14(24)26)16(21)12(19)11(18)15(9,20)17(16,22)23/h3-5,9-10H,1-2H3/t9-,10+,15-,16-/m0/s1. The van der Waals surface area contributed by atoms with Gasteiger partial charge in [0, 0.05) is 0 Å². The molecule has 0 spiro atoms. The molecule has 4 atom stereocenters. The number of carbonyl (C=O) groups is 2. The van der Waals surface area contributed by atoms with Crippen LogP contribution >= 0.6 is 69.6 Å². The minimum absolute atomic E-state index is 0.0924. The number of benzene rings is 1. The molecule has 1 aromatic rings. The number of hydrogen-bond donors (Lipinski definition) is 0. The summed E-state index contributed by atoms with van der Waals surface area (Å²) < 4.78 is -1.91. The number of carbonyl (C=O) groups excluding carboxylic acids is 2. The number of allylic oxidation sites excluding steroid dienone is 2. The lowest BCUT2D eigenvalue weighted by Gasteiger charge is -2.34. The Morgan fingerprint density at radius 2 is 1.31 bits per heavy atom. The Labute approximate surface area is 180 Å². The molecule has 3 nitrogen and oxygen atoms in total. The van der Waals surface area contributed by atoms with Gasteiger partial charge in [-0.2, -0.15) is 0 Å². The molecule has 26 heavy (non-hydrogen) atoms. The lowest BCUT2D eigenvalue weighted by Crippen LogP contribution is -2.50. The molecule has 1 saturated carbocycles. The summed E-state index contributed by atoms with van der Waals surface area (Å²) in [6.45, 7) is 3.82. The van der Waals surface area contributed by atoms with Crippen molar-refractivity contribution in [1.29, 1.82) is 0 Å². The summed E-state index contributed by atoms with van der Waals surface area (Å²) >= 11 is 38.8. The molecule has 2 aliphatic carbocycles. The SMILES string of the molecule is Cc1ccc(N2C(=O)[C@@H]3[C@H](C2=O)[C@]2(Cl)C(Cl)=C(Cl)[C@]3(Cl)C2(Cl)Cl)cc1C. The molecule has 9 heteroatoms. The number of rotatable bonds is 1. The summed E-state index contributed by atoms with van der Waals surface area (Å²) in [5.41, 5.74) is 2.39. The smallest absolute Gasteiger partial charge is 0.240 e. The number of fused-ring (bicyclic) bond motifs is 5. The maximum Gasteiger partial charge on any atom is 0.240 e. The summed E-state index contributed by atoms with van der Waals surface area (Å²) in [5, 5.41) is -0.185. The van der Waals surface area contributed by atoms with Gasteiger partial charge in [0.15, 0.2) is 4.33 Å². The van der Waals surface area contributed by atoms with Gasteiger partial charge in [-0.15, -0.1) is 23.2 Å². The number of imide groups is 1. The van der Waals surface area contributed by atoms with Crippen LogP contribution in [0.5, 0.6) is 0 Å². The zero-order valence-corrected chi connectivity index (χ0v) is 18.0. The van der Waals surface area contributed by atoms with Crippen molar-refractivity contribution in [3.63, 3.8) is 0 Å². The average molecular weight is 474 g/mol. The highest BCUT2D eigenvalue weighted by Crippen LogP contribution is 2.77. The van der Waals surface area contributed by atoms with Crippen molar-refractivity contribution in [2.75, 3.05) is 4.90 Å². The number of hydrogen-bond acceptors (Lipinski definition) is 2. The Morgan fingerprint density at radius 3 is 1.73 bits per heavy atom. The van der Waals surface area contributed by atoms with Crippen molar-refractivity contribution in [3.8, 4) is 0 Å². The third-order valence-electron chi connectivity index (χ3n) is 5.66. The summed E-state index contributed by atoms with van der Waals surface area (Å²) in [6.07, 6.45) is 0. The number of alkyl halides is 4. The second kappa shape index (κ2) is 5.46. The van der Waals surface area contributed by atoms with Crippen LogP contribution in [-0.4, -0.2) is 25.9 Å². The molecule has 138 valence electrons. The quantitative estimate of drug-likeness (QED) is 0.412. The van der Waals surface area contributed by atoms with Gasteiger partial charge in [0.25, 0.3) is 0 Å². The highest BCUT2D eigenvalue weighted by atomic mass is 35.5. The number of nitrogens with zero attached hydrogens (tertiary/aromatic N) is 1. The summed E-state index contributed by atoms with van der Waals surface area (Å²) in [6, 6.07) is 5.27. The van der Waals surface area contributed by atoms with Gasteiger partial charge in [-0.1, -0.05) is 52.5 Å². The minimum Gasteiger partial charge on any atom is -0.274 e. The second-order valence-corrected chi connectivity index (χ2v) is 10.1. The van der Waals surface area contributed by atoms with Gasteiger partial charge in [0.05, 0.1) is 27.6 Å². The van der Waals surface area contributed by atoms with Crippen LogP contribution in [0.1, 0.15) is 11.1 Å². The summed E-state index contributed by atoms with van der Waals surface area (Å²) in [4.78, 5) is 23.9. The molecule has 4 rings (SSSR count). The van der Waals surface area contributed by atoms with Crippen LogP contribution in [0.15, 0.2) is 28.3 Å². The number of anilines is 1. The Balaban J connectivity index is 1.90. The molecule has 2 fully saturated rings. The first-order chi connectivity index (χ1) is 11.9. The predicted octanol–water partition coefficient (Wildman–Crippen LogP) is 5.25. The number of halogens is 6. The molecule has 1 heterocycles. The zero-order chi connectivity index (χ0) is 19.4. The molecule has 2 bridgehead atoms. The highest BCUT2D eigenvalue weighted by molar-refractivity contribution is 6.67. The maximum absolute atomic E-state index is 13.2. The maximum atomic E-state index is 13.2. The molecular weight excluding hydrogens is 463 g/mol. The molecule has 1 saturated heterocycles. The van der Waals surface area contributed by atoms with Gasteiger partial charge in [0.1, 0.15) is 9.75 Å². The van der Waals surface area contributed by atoms with Gasteiger partial charge in [-0.3, -0.25) is 9.59 Å². The minimum atomic E-state index is -1.91. The van der Waals surface area contributed by atoms with E-state index < -0.39 is 37.7 Å². The third kappa shape index (κ3) is 1.81. The Hall–Kier alpha value is -0.160. The van der Waals surface area contributed by atoms with Crippen molar-refractivity contribution in [1.82, 2.24) is 0 Å². The topological polar surface area (TPSA) is 37.4 Å². The van der Waals surface area contributed by atoms with Gasteiger partial charge in [-0.05, 0) is 37.1 Å². The van der Waals surface area contributed by atoms with Crippen LogP contribution < -0.4 is 4.90 Å². The highest BCUT2D eigenvalue weighted by Gasteiger charge is 2.87. The van der Waals surface area contributed by atoms with E-state index in [1.807, 2.05) is 19.9 Å². The van der Waals surface area contributed by atoms with Crippen molar-refractivity contribution < 1.29 is 9.59 Å². The largest absolute Gasteiger partial charge is 0.274 e. The van der Waals surface area contributed by atoms with Crippen molar-refractivity contribution in [2.45, 2.75) is 27.9 Å². The molecule has 0 unspecified atom stereocenters. The molecular formula is C17H11Cl6NO2. The fourth-order valence-electron chi connectivity index (χ4n) is 4.11. The van der Waals surface area contributed by atoms with E-state index in [0.717, 1.165) is 16.0 Å². The van der Waals surface area contributed by atoms with Crippen molar-refractivity contribution >= 4 is 87.1 Å². The fourth-order valence-corrected chi connectivity index (χ4v) is 7.04. The van der Waals surface area contributed by atoms with Crippen molar-refractivity contribution in [3.05, 3.63) is 39.4 Å². The fraction of sp³-hybridized carbons (Fsp3) is 0.412. The molecule has 0 aromatic heterocycles. The van der Waals surface area contributed by atoms with Gasteiger partial charge < -0.3 is 0 Å². The molecule has 1 aromatic carbocycles. The lowest BCUT2D eigenvalue weighted by atomic mass is 9.84. The van der Waals surface area contributed by atoms with Crippen molar-refractivity contribution in [2.24, 2.45) is 11.8 Å². The van der Waals surface area contributed by atoms with Gasteiger partial charge in [-0.25, -0.2) is 4.90 Å². The first-order valence-corrected chi connectivity index (χ1v) is 9.96. The van der Waals surface area contributed by atoms with E-state index >= 15 is 0 Å². The van der Waals surface area contributed by atoms with Crippen LogP contribution in [0.4, 0.5) is 5.69 Å². The first-order valence-electron chi connectivity index (χ1n) is 7.69. The van der Waals surface area contributed by atoms with E-state index in [-0.39, 0.29) is 10.1 Å². The molecule has 0 radical (unpaired) electrons. The summed E-state index contributed by atoms with van der Waals surface area (Å²) in [7, 11) is 0. The summed E-state index contributed by atoms with van der Waals surface area (Å²) in [5.74, 6) is -3.32. The van der Waals surface area contributed by atoms with Crippen LogP contribution in [0, 0.1) is 25.7 Å². The van der Waals surface area contributed by atoms with Crippen LogP contribution in [0.25, 0.3) is 0 Å². The van der Waals surface area contributed by atoms with Gasteiger partial charge >= 0.3 is 0 Å². The molecule has 3 aliphatic rings. The molecule has 0 N–H and O–H groups in total. The van der Waals surface area contributed by atoms with E-state index in [4.69, 9.17) is 69.6 Å². The normalized spacial score (nSPS) is 37.8. The first kappa shape index (κ1) is 19.2. The van der Waals surface area contributed by atoms with E-state index in [2.05, 4.69) is 0 Å². The van der Waals surface area contributed by atoms with E-state index in [1.54, 1.807) is 12.1 Å². The second-order valence-electron chi connectivity index (χ2n) is 6.86. The van der Waals surface area contributed by atoms with E-state index in [0.29, 0.717) is 5.69 Å². The van der Waals surface area contributed by atoms with Crippen LogP contribution in [0.3, 0.4) is 0 Å². The average Bonchev–Trinajstić information content (AvgIpc) is 2.95. The predicted molar refractivity (Wildman–Crippen MR) is 106 cm³/mol. The monoisotopic (exact) mass is 471 g/mol. The Morgan fingerprint density at radius 1 is 0.846 bits per heavy atom. The van der Waals surface area contributed by atoms with E-state index in [1.165, 1.54) is 0 Å². The zero-order valence-electron chi connectivity index (χ0n) is 13.4. The number of amides is 2. The number of aryl methyl sites for hydroxylation is 2. The lowest BCUT2D eigenvalue weighted by molar-refractivity contribution is -0.123. The van der Waals surface area contributed by atoms with E-state index in [9.17, 15) is 9.59 Å².